The standard InChI is InChI=1S/C13H19Br2NO/c1-17-9-8-16-7-3-2-4-11-5-6-12(14)13(15)10-11/h5-6,10,16H,2-4,7-9H2,1H3. The molecule has 0 spiro atoms. The number of ether oxygens (including phenoxy) is 1. The molecule has 1 N–H and O–H groups in total. The third kappa shape index (κ3) is 6.55. The van der Waals surface area contributed by atoms with Crippen molar-refractivity contribution in [3.8, 4) is 0 Å². The van der Waals surface area contributed by atoms with Gasteiger partial charge in [-0.2, -0.15) is 0 Å². The summed E-state index contributed by atoms with van der Waals surface area (Å²) < 4.78 is 7.22. The fraction of sp³-hybridized carbons (Fsp3) is 0.538. The molecule has 0 aliphatic carbocycles. The van der Waals surface area contributed by atoms with E-state index < -0.39 is 0 Å². The second-order valence-electron chi connectivity index (χ2n) is 3.95. The molecule has 0 atom stereocenters. The summed E-state index contributed by atoms with van der Waals surface area (Å²) in [6.45, 7) is 2.81. The van der Waals surface area contributed by atoms with Crippen LogP contribution < -0.4 is 5.32 Å². The van der Waals surface area contributed by atoms with Gasteiger partial charge in [-0.25, -0.2) is 0 Å². The zero-order valence-electron chi connectivity index (χ0n) is 10.1. The van der Waals surface area contributed by atoms with E-state index >= 15 is 0 Å². The van der Waals surface area contributed by atoms with Gasteiger partial charge in [0.05, 0.1) is 6.61 Å². The van der Waals surface area contributed by atoms with Crippen LogP contribution in [0.25, 0.3) is 0 Å². The Morgan fingerprint density at radius 3 is 2.65 bits per heavy atom. The third-order valence-electron chi connectivity index (χ3n) is 2.54. The van der Waals surface area contributed by atoms with Crippen LogP contribution in [-0.2, 0) is 11.2 Å². The molecule has 96 valence electrons. The summed E-state index contributed by atoms with van der Waals surface area (Å²) >= 11 is 7.00. The number of nitrogens with one attached hydrogen (secondary N) is 1. The van der Waals surface area contributed by atoms with Gasteiger partial charge in [-0.3, -0.25) is 0 Å². The lowest BCUT2D eigenvalue weighted by Crippen LogP contribution is -2.20. The Balaban J connectivity index is 2.11. The fourth-order valence-electron chi connectivity index (χ4n) is 1.57. The molecule has 0 bridgehead atoms. The van der Waals surface area contributed by atoms with Gasteiger partial charge in [-0.1, -0.05) is 6.07 Å². The van der Waals surface area contributed by atoms with Crippen molar-refractivity contribution in [3.63, 3.8) is 0 Å². The predicted molar refractivity (Wildman–Crippen MR) is 79.5 cm³/mol. The Bertz CT molecular complexity index is 331. The van der Waals surface area contributed by atoms with E-state index in [0.29, 0.717) is 0 Å². The predicted octanol–water partition coefficient (Wildman–Crippen LogP) is 3.77. The second kappa shape index (κ2) is 9.09. The molecule has 0 fully saturated rings. The van der Waals surface area contributed by atoms with Crippen molar-refractivity contribution in [1.82, 2.24) is 5.32 Å². The van der Waals surface area contributed by atoms with Gasteiger partial charge in [0, 0.05) is 22.6 Å². The van der Waals surface area contributed by atoms with Crippen LogP contribution >= 0.6 is 31.9 Å². The minimum absolute atomic E-state index is 0.791. The number of hydrogen-bond acceptors (Lipinski definition) is 2. The van der Waals surface area contributed by atoms with Gasteiger partial charge in [0.2, 0.25) is 0 Å². The zero-order valence-corrected chi connectivity index (χ0v) is 13.3. The Morgan fingerprint density at radius 2 is 1.94 bits per heavy atom. The Hall–Kier alpha value is 0.1000. The molecule has 0 amide bonds. The van der Waals surface area contributed by atoms with Gasteiger partial charge in [0.1, 0.15) is 0 Å². The highest BCUT2D eigenvalue weighted by Gasteiger charge is 1.98. The van der Waals surface area contributed by atoms with Crippen LogP contribution in [-0.4, -0.2) is 26.8 Å². The summed E-state index contributed by atoms with van der Waals surface area (Å²) in [5.74, 6) is 0. The highest BCUT2D eigenvalue weighted by atomic mass is 79.9. The molecule has 17 heavy (non-hydrogen) atoms. The van der Waals surface area contributed by atoms with Gasteiger partial charge in [-0.15, -0.1) is 0 Å². The van der Waals surface area contributed by atoms with Crippen molar-refractivity contribution >= 4 is 31.9 Å². The molecule has 0 aromatic heterocycles. The summed E-state index contributed by atoms with van der Waals surface area (Å²) in [6.07, 6.45) is 3.56. The average molecular weight is 365 g/mol. The quantitative estimate of drug-likeness (QED) is 0.709. The highest BCUT2D eigenvalue weighted by Crippen LogP contribution is 2.24. The van der Waals surface area contributed by atoms with E-state index in [1.165, 1.54) is 18.4 Å². The van der Waals surface area contributed by atoms with E-state index in [2.05, 4.69) is 55.4 Å². The second-order valence-corrected chi connectivity index (χ2v) is 5.66. The van der Waals surface area contributed by atoms with Crippen LogP contribution in [0.4, 0.5) is 0 Å². The molecule has 4 heteroatoms. The molecule has 0 heterocycles. The van der Waals surface area contributed by atoms with Crippen molar-refractivity contribution in [2.75, 3.05) is 26.8 Å². The van der Waals surface area contributed by atoms with Crippen LogP contribution in [0, 0.1) is 0 Å². The first-order chi connectivity index (χ1) is 8.24. The summed E-state index contributed by atoms with van der Waals surface area (Å²) in [7, 11) is 1.73. The van der Waals surface area contributed by atoms with E-state index in [0.717, 1.165) is 35.1 Å². The number of methoxy groups -OCH3 is 1. The monoisotopic (exact) mass is 363 g/mol. The van der Waals surface area contributed by atoms with Crippen LogP contribution in [0.15, 0.2) is 27.1 Å². The molecule has 1 aromatic rings. The van der Waals surface area contributed by atoms with Crippen LogP contribution in [0.1, 0.15) is 18.4 Å². The molecule has 0 radical (unpaired) electrons. The van der Waals surface area contributed by atoms with Gasteiger partial charge in [0.25, 0.3) is 0 Å². The zero-order chi connectivity index (χ0) is 12.5. The fourth-order valence-corrected chi connectivity index (χ4v) is 2.25. The van der Waals surface area contributed by atoms with E-state index in [9.17, 15) is 0 Å². The van der Waals surface area contributed by atoms with Crippen molar-refractivity contribution in [1.29, 1.82) is 0 Å². The van der Waals surface area contributed by atoms with E-state index in [1.54, 1.807) is 7.11 Å². The SMILES string of the molecule is COCCNCCCCc1ccc(Br)c(Br)c1. The van der Waals surface area contributed by atoms with E-state index in [1.807, 2.05) is 0 Å². The first-order valence-corrected chi connectivity index (χ1v) is 7.46. The number of hydrogen-bond donors (Lipinski definition) is 1. The number of unbranched alkanes of at least 4 members (excludes halogenated alkanes) is 1. The van der Waals surface area contributed by atoms with Crippen LogP contribution in [0.5, 0.6) is 0 Å². The van der Waals surface area contributed by atoms with Crippen LogP contribution in [0.3, 0.4) is 0 Å². The van der Waals surface area contributed by atoms with Crippen LogP contribution in [0.2, 0.25) is 0 Å². The Labute approximate surface area is 120 Å². The Morgan fingerprint density at radius 1 is 1.12 bits per heavy atom. The van der Waals surface area contributed by atoms with Gasteiger partial charge < -0.3 is 10.1 Å². The smallest absolute Gasteiger partial charge is 0.0587 e. The highest BCUT2D eigenvalue weighted by molar-refractivity contribution is 9.13. The molecule has 0 saturated heterocycles. The van der Waals surface area contributed by atoms with Crippen molar-refractivity contribution in [2.45, 2.75) is 19.3 Å². The maximum Gasteiger partial charge on any atom is 0.0587 e. The topological polar surface area (TPSA) is 21.3 Å². The normalized spacial score (nSPS) is 10.8. The average Bonchev–Trinajstić information content (AvgIpc) is 2.32. The molecule has 1 rings (SSSR count). The van der Waals surface area contributed by atoms with Crippen molar-refractivity contribution in [2.24, 2.45) is 0 Å². The molecule has 0 aliphatic heterocycles. The minimum atomic E-state index is 0.791. The summed E-state index contributed by atoms with van der Waals surface area (Å²) in [4.78, 5) is 0. The van der Waals surface area contributed by atoms with E-state index in [4.69, 9.17) is 4.74 Å². The third-order valence-corrected chi connectivity index (χ3v) is 4.42. The van der Waals surface area contributed by atoms with Gasteiger partial charge in [0.15, 0.2) is 0 Å². The lowest BCUT2D eigenvalue weighted by Gasteiger charge is -2.05. The minimum Gasteiger partial charge on any atom is -0.383 e. The molecule has 2 nitrogen and oxygen atoms in total. The maximum absolute atomic E-state index is 4.97. The van der Waals surface area contributed by atoms with Gasteiger partial charge in [-0.05, 0) is 75.4 Å². The molecule has 0 saturated carbocycles. The van der Waals surface area contributed by atoms with Crippen molar-refractivity contribution in [3.05, 3.63) is 32.7 Å². The molecular weight excluding hydrogens is 346 g/mol. The summed E-state index contributed by atoms with van der Waals surface area (Å²) in [6, 6.07) is 6.45. The van der Waals surface area contributed by atoms with Gasteiger partial charge >= 0.3 is 0 Å². The number of rotatable bonds is 8. The maximum atomic E-state index is 4.97. The molecule has 1 aromatic carbocycles. The summed E-state index contributed by atoms with van der Waals surface area (Å²) in [5, 5.41) is 3.35. The lowest BCUT2D eigenvalue weighted by atomic mass is 10.1. The molecular formula is C13H19Br2NO. The number of halogens is 2. The largest absolute Gasteiger partial charge is 0.383 e. The van der Waals surface area contributed by atoms with Crippen molar-refractivity contribution < 1.29 is 4.74 Å². The summed E-state index contributed by atoms with van der Waals surface area (Å²) in [5.41, 5.74) is 1.39. The number of benzene rings is 1. The Kier molecular flexibility index (Phi) is 8.10. The van der Waals surface area contributed by atoms with E-state index in [-0.39, 0.29) is 0 Å². The lowest BCUT2D eigenvalue weighted by molar-refractivity contribution is 0.199. The number of aryl methyl sites for hydroxylation is 1. The first kappa shape index (κ1) is 15.2. The molecule has 0 unspecified atom stereocenters. The first-order valence-electron chi connectivity index (χ1n) is 5.87. The molecule has 0 aliphatic rings.